The minimum absolute atomic E-state index is 1.82. The van der Waals surface area contributed by atoms with Crippen molar-refractivity contribution in [3.8, 4) is 23.7 Å². The SMILES string of the molecule is CC#CC=CC.CC#CC=CC.CC=CC=CC. The Hall–Kier alpha value is -1.92. The first-order valence-corrected chi connectivity index (χ1v) is 6.05. The highest BCUT2D eigenvalue weighted by atomic mass is 13.6. The third-order valence-electron chi connectivity index (χ3n) is 1.28. The van der Waals surface area contributed by atoms with E-state index >= 15 is 0 Å². The van der Waals surface area contributed by atoms with Crippen LogP contribution in [-0.2, 0) is 0 Å². The summed E-state index contributed by atoms with van der Waals surface area (Å²) in [7, 11) is 0. The second kappa shape index (κ2) is 29.4. The van der Waals surface area contributed by atoms with Crippen LogP contribution < -0.4 is 0 Å². The van der Waals surface area contributed by atoms with Crippen LogP contribution in [-0.4, -0.2) is 0 Å². The average Bonchev–Trinajstić information content (AvgIpc) is 2.42. The second-order valence-corrected chi connectivity index (χ2v) is 2.84. The van der Waals surface area contributed by atoms with Crippen molar-refractivity contribution in [1.29, 1.82) is 0 Å². The Labute approximate surface area is 114 Å². The zero-order valence-electron chi connectivity index (χ0n) is 12.6. The van der Waals surface area contributed by atoms with Crippen LogP contribution in [0.15, 0.2) is 48.6 Å². The molecule has 0 aliphatic carbocycles. The molecule has 0 aliphatic heterocycles. The first-order chi connectivity index (χ1) is 8.74. The molecule has 0 rings (SSSR count). The summed E-state index contributed by atoms with van der Waals surface area (Å²) in [6.45, 7) is 11.5. The largest absolute Gasteiger partial charge is 0.102 e. The summed E-state index contributed by atoms with van der Waals surface area (Å²) >= 11 is 0. The Morgan fingerprint density at radius 1 is 0.556 bits per heavy atom. The Bertz CT molecular complexity index is 316. The van der Waals surface area contributed by atoms with Crippen LogP contribution in [0.2, 0.25) is 0 Å². The quantitative estimate of drug-likeness (QED) is 0.432. The van der Waals surface area contributed by atoms with Crippen LogP contribution in [0, 0.1) is 23.7 Å². The van der Waals surface area contributed by atoms with E-state index in [-0.39, 0.29) is 0 Å². The molecular weight excluding hydrogens is 216 g/mol. The zero-order chi connectivity index (χ0) is 14.5. The number of allylic oxidation sites excluding steroid dienone is 8. The highest BCUT2D eigenvalue weighted by Gasteiger charge is 1.49. The van der Waals surface area contributed by atoms with Crippen LogP contribution in [0.4, 0.5) is 0 Å². The number of rotatable bonds is 1. The molecule has 0 heteroatoms. The summed E-state index contributed by atoms with van der Waals surface area (Å²) in [5.41, 5.74) is 0. The van der Waals surface area contributed by atoms with E-state index in [4.69, 9.17) is 0 Å². The van der Waals surface area contributed by atoms with Gasteiger partial charge in [0.2, 0.25) is 0 Å². The molecule has 0 atom stereocenters. The molecule has 0 aliphatic rings. The normalized spacial score (nSPS) is 9.00. The van der Waals surface area contributed by atoms with Gasteiger partial charge in [-0.3, -0.25) is 0 Å². The lowest BCUT2D eigenvalue weighted by atomic mass is 10.5. The highest BCUT2D eigenvalue weighted by Crippen LogP contribution is 1.71. The summed E-state index contributed by atoms with van der Waals surface area (Å²) < 4.78 is 0. The minimum atomic E-state index is 1.82. The summed E-state index contributed by atoms with van der Waals surface area (Å²) in [6, 6.07) is 0. The van der Waals surface area contributed by atoms with Crippen molar-refractivity contribution in [2.75, 3.05) is 0 Å². The van der Waals surface area contributed by atoms with Crippen LogP contribution in [0.5, 0.6) is 0 Å². The van der Waals surface area contributed by atoms with Gasteiger partial charge < -0.3 is 0 Å². The number of hydrogen-bond donors (Lipinski definition) is 0. The molecule has 0 fully saturated rings. The van der Waals surface area contributed by atoms with Gasteiger partial charge in [-0.15, -0.1) is 11.8 Å². The monoisotopic (exact) mass is 242 g/mol. The molecule has 0 saturated carbocycles. The first kappa shape index (κ1) is 21.4. The fraction of sp³-hybridized carbons (Fsp3) is 0.333. The van der Waals surface area contributed by atoms with Gasteiger partial charge in [-0.2, -0.15) is 0 Å². The van der Waals surface area contributed by atoms with Crippen LogP contribution in [0.3, 0.4) is 0 Å². The molecule has 98 valence electrons. The van der Waals surface area contributed by atoms with Gasteiger partial charge in [-0.25, -0.2) is 0 Å². The molecule has 0 bridgehead atoms. The van der Waals surface area contributed by atoms with Crippen molar-refractivity contribution >= 4 is 0 Å². The smallest absolute Gasteiger partial charge is 0.00235 e. The van der Waals surface area contributed by atoms with Crippen molar-refractivity contribution < 1.29 is 0 Å². The predicted molar refractivity (Wildman–Crippen MR) is 86.2 cm³/mol. The maximum Gasteiger partial charge on any atom is -0.00235 e. The van der Waals surface area contributed by atoms with E-state index < -0.39 is 0 Å². The van der Waals surface area contributed by atoms with Crippen molar-refractivity contribution in [3.63, 3.8) is 0 Å². The molecular formula is C18H26. The summed E-state index contributed by atoms with van der Waals surface area (Å²) in [5.74, 6) is 11.0. The molecule has 18 heavy (non-hydrogen) atoms. The van der Waals surface area contributed by atoms with Crippen molar-refractivity contribution in [3.05, 3.63) is 48.6 Å². The van der Waals surface area contributed by atoms with E-state index in [9.17, 15) is 0 Å². The molecule has 0 heterocycles. The maximum atomic E-state index is 2.77. The Kier molecular flexibility index (Phi) is 34.9. The summed E-state index contributed by atoms with van der Waals surface area (Å²) in [4.78, 5) is 0. The third-order valence-corrected chi connectivity index (χ3v) is 1.28. The third kappa shape index (κ3) is 48.1. The van der Waals surface area contributed by atoms with Gasteiger partial charge in [0.05, 0.1) is 0 Å². The Balaban J connectivity index is -0.000000187. The highest BCUT2D eigenvalue weighted by molar-refractivity contribution is 5.12. The predicted octanol–water partition coefficient (Wildman–Crippen LogP) is 5.31. The van der Waals surface area contributed by atoms with E-state index in [0.29, 0.717) is 0 Å². The fourth-order valence-corrected chi connectivity index (χ4v) is 0.556. The molecule has 0 unspecified atom stereocenters. The van der Waals surface area contributed by atoms with Gasteiger partial charge in [0.1, 0.15) is 0 Å². The maximum absolute atomic E-state index is 2.77. The van der Waals surface area contributed by atoms with Gasteiger partial charge in [-0.1, -0.05) is 48.3 Å². The van der Waals surface area contributed by atoms with E-state index in [1.165, 1.54) is 0 Å². The van der Waals surface area contributed by atoms with E-state index in [0.717, 1.165) is 0 Å². The van der Waals surface area contributed by atoms with Crippen molar-refractivity contribution in [2.24, 2.45) is 0 Å². The lowest BCUT2D eigenvalue weighted by Crippen LogP contribution is -1.41. The van der Waals surface area contributed by atoms with Gasteiger partial charge >= 0.3 is 0 Å². The molecule has 0 amide bonds. The zero-order valence-corrected chi connectivity index (χ0v) is 12.6. The minimum Gasteiger partial charge on any atom is -0.102 e. The van der Waals surface area contributed by atoms with Gasteiger partial charge in [0.15, 0.2) is 0 Å². The summed E-state index contributed by atoms with van der Waals surface area (Å²) in [5, 5.41) is 0. The van der Waals surface area contributed by atoms with E-state index in [1.54, 1.807) is 0 Å². The lowest BCUT2D eigenvalue weighted by Gasteiger charge is -1.62. The molecule has 0 aromatic rings. The standard InChI is InChI=1S/C6H10.2C6H8/c3*1-3-5-6-4-2/h3-6H,1-2H3;2*3,5H,1-2H3. The van der Waals surface area contributed by atoms with Crippen molar-refractivity contribution in [1.82, 2.24) is 0 Å². The molecule has 0 nitrogen and oxygen atoms in total. The molecule has 0 spiro atoms. The van der Waals surface area contributed by atoms with Crippen molar-refractivity contribution in [2.45, 2.75) is 41.5 Å². The lowest BCUT2D eigenvalue weighted by molar-refractivity contribution is 1.69. The van der Waals surface area contributed by atoms with Crippen LogP contribution in [0.1, 0.15) is 41.5 Å². The summed E-state index contributed by atoms with van der Waals surface area (Å²) in [6.07, 6.45) is 15.5. The molecule has 0 radical (unpaired) electrons. The molecule has 0 aromatic heterocycles. The van der Waals surface area contributed by atoms with E-state index in [2.05, 4.69) is 23.7 Å². The van der Waals surface area contributed by atoms with Gasteiger partial charge in [-0.05, 0) is 53.7 Å². The first-order valence-electron chi connectivity index (χ1n) is 6.05. The Morgan fingerprint density at radius 2 is 0.889 bits per heavy atom. The molecule has 0 saturated heterocycles. The molecule has 0 N–H and O–H groups in total. The van der Waals surface area contributed by atoms with Crippen LogP contribution in [0.25, 0.3) is 0 Å². The fourth-order valence-electron chi connectivity index (χ4n) is 0.556. The molecule has 0 aromatic carbocycles. The van der Waals surface area contributed by atoms with E-state index in [1.807, 2.05) is 90.2 Å². The van der Waals surface area contributed by atoms with Gasteiger partial charge in [0, 0.05) is 0 Å². The second-order valence-electron chi connectivity index (χ2n) is 2.84. The topological polar surface area (TPSA) is 0 Å². The van der Waals surface area contributed by atoms with Crippen LogP contribution >= 0.6 is 0 Å². The average molecular weight is 242 g/mol. The Morgan fingerprint density at radius 3 is 1.00 bits per heavy atom. The van der Waals surface area contributed by atoms with Gasteiger partial charge in [0.25, 0.3) is 0 Å². The number of hydrogen-bond acceptors (Lipinski definition) is 0.